The third kappa shape index (κ3) is 1.49. The van der Waals surface area contributed by atoms with E-state index in [0.717, 1.165) is 0 Å². The first-order valence-corrected chi connectivity index (χ1v) is 3.33. The van der Waals surface area contributed by atoms with Crippen LogP contribution in [-0.4, -0.2) is 12.6 Å². The van der Waals surface area contributed by atoms with Crippen molar-refractivity contribution in [3.63, 3.8) is 0 Å². The topological polar surface area (TPSA) is 72.2 Å². The first-order valence-electron chi connectivity index (χ1n) is 3.33. The molecular weight excluding hydrogens is 156 g/mol. The van der Waals surface area contributed by atoms with Gasteiger partial charge in [0.1, 0.15) is 6.29 Å². The zero-order chi connectivity index (χ0) is 8.97. The Balaban J connectivity index is 3.18. The number of rotatable bonds is 3. The zero-order valence-electron chi connectivity index (χ0n) is 6.28. The molecule has 0 heterocycles. The molecule has 62 valence electrons. The molecule has 0 spiro atoms. The van der Waals surface area contributed by atoms with Crippen LogP contribution in [0.4, 0.5) is 5.69 Å². The van der Waals surface area contributed by atoms with Crippen molar-refractivity contribution < 1.29 is 9.59 Å². The number of nitrogen functional groups attached to an aromatic ring is 1. The molecule has 0 saturated heterocycles. The minimum absolute atomic E-state index is 0.377. The fourth-order valence-electron chi connectivity index (χ4n) is 0.883. The lowest BCUT2D eigenvalue weighted by atomic mass is 10.1. The van der Waals surface area contributed by atoms with Crippen LogP contribution in [0.25, 0.3) is 0 Å². The molecule has 1 aromatic carbocycles. The summed E-state index contributed by atoms with van der Waals surface area (Å²) in [5.41, 5.74) is 3.69. The van der Waals surface area contributed by atoms with E-state index >= 15 is 0 Å². The Morgan fingerprint density at radius 1 is 1.25 bits per heavy atom. The zero-order valence-corrected chi connectivity index (χ0v) is 6.28. The molecule has 1 aromatic rings. The summed E-state index contributed by atoms with van der Waals surface area (Å²) >= 11 is 0. The van der Waals surface area contributed by atoms with Crippen LogP contribution >= 0.6 is 0 Å². The van der Waals surface area contributed by atoms with Crippen LogP contribution in [0, 0.1) is 0 Å². The summed E-state index contributed by atoms with van der Waals surface area (Å²) < 4.78 is 0. The molecule has 0 aliphatic heterocycles. The molecule has 0 bridgehead atoms. The van der Waals surface area contributed by atoms with Gasteiger partial charge < -0.3 is 5.43 Å². The molecule has 0 fully saturated rings. The van der Waals surface area contributed by atoms with Crippen molar-refractivity contribution >= 4 is 18.3 Å². The van der Waals surface area contributed by atoms with E-state index in [9.17, 15) is 9.59 Å². The monoisotopic (exact) mass is 164 g/mol. The second kappa shape index (κ2) is 3.64. The van der Waals surface area contributed by atoms with E-state index in [0.29, 0.717) is 29.4 Å². The lowest BCUT2D eigenvalue weighted by molar-refractivity contribution is 0.112. The van der Waals surface area contributed by atoms with Gasteiger partial charge >= 0.3 is 0 Å². The van der Waals surface area contributed by atoms with Gasteiger partial charge in [-0.25, -0.2) is 0 Å². The maximum Gasteiger partial charge on any atom is 0.152 e. The summed E-state index contributed by atoms with van der Waals surface area (Å²) in [4.78, 5) is 20.7. The predicted octanol–water partition coefficient (Wildman–Crippen LogP) is 0.597. The van der Waals surface area contributed by atoms with Crippen LogP contribution in [0.3, 0.4) is 0 Å². The lowest BCUT2D eigenvalue weighted by Crippen LogP contribution is -2.09. The van der Waals surface area contributed by atoms with Gasteiger partial charge in [-0.05, 0) is 18.2 Å². The van der Waals surface area contributed by atoms with Gasteiger partial charge in [0.25, 0.3) is 0 Å². The van der Waals surface area contributed by atoms with Crippen LogP contribution < -0.4 is 11.3 Å². The minimum Gasteiger partial charge on any atom is -0.323 e. The van der Waals surface area contributed by atoms with Crippen molar-refractivity contribution in [2.75, 3.05) is 5.43 Å². The number of hydrogen-bond donors (Lipinski definition) is 2. The maximum atomic E-state index is 10.4. The van der Waals surface area contributed by atoms with Crippen molar-refractivity contribution in [2.45, 2.75) is 0 Å². The summed E-state index contributed by atoms with van der Waals surface area (Å²) in [6.07, 6.45) is 1.31. The Morgan fingerprint density at radius 2 is 2.00 bits per heavy atom. The van der Waals surface area contributed by atoms with Gasteiger partial charge in [-0.15, -0.1) is 0 Å². The van der Waals surface area contributed by atoms with E-state index in [1.165, 1.54) is 6.07 Å². The minimum atomic E-state index is 0.377. The van der Waals surface area contributed by atoms with E-state index in [2.05, 4.69) is 5.43 Å². The molecular formula is C8H8N2O2. The van der Waals surface area contributed by atoms with Crippen LogP contribution in [-0.2, 0) is 0 Å². The highest BCUT2D eigenvalue weighted by atomic mass is 16.1. The highest BCUT2D eigenvalue weighted by Crippen LogP contribution is 2.12. The van der Waals surface area contributed by atoms with Gasteiger partial charge in [-0.3, -0.25) is 15.4 Å². The third-order valence-electron chi connectivity index (χ3n) is 1.49. The molecule has 0 saturated carbocycles. The predicted molar refractivity (Wildman–Crippen MR) is 45.0 cm³/mol. The molecule has 0 radical (unpaired) electrons. The number of hydrazine groups is 1. The average molecular weight is 164 g/mol. The first kappa shape index (κ1) is 8.42. The molecule has 0 aromatic heterocycles. The van der Waals surface area contributed by atoms with E-state index in [1.807, 2.05) is 0 Å². The summed E-state index contributed by atoms with van der Waals surface area (Å²) in [5.74, 6) is 5.12. The maximum absolute atomic E-state index is 10.4. The summed E-state index contributed by atoms with van der Waals surface area (Å²) in [6.45, 7) is 0. The van der Waals surface area contributed by atoms with E-state index in [-0.39, 0.29) is 0 Å². The van der Waals surface area contributed by atoms with Crippen molar-refractivity contribution in [2.24, 2.45) is 5.84 Å². The highest BCUT2D eigenvalue weighted by molar-refractivity contribution is 5.88. The fourth-order valence-corrected chi connectivity index (χ4v) is 0.883. The van der Waals surface area contributed by atoms with Crippen LogP contribution in [0.15, 0.2) is 18.2 Å². The Bertz CT molecular complexity index is 310. The molecule has 0 unspecified atom stereocenters. The molecule has 0 aliphatic carbocycles. The number of carbonyl (C=O) groups is 2. The SMILES string of the molecule is NNc1ccc(C=O)cc1C=O. The number of nitrogens with one attached hydrogen (secondary N) is 1. The molecule has 12 heavy (non-hydrogen) atoms. The Morgan fingerprint density at radius 3 is 2.50 bits per heavy atom. The van der Waals surface area contributed by atoms with Gasteiger partial charge in [0.2, 0.25) is 0 Å². The highest BCUT2D eigenvalue weighted by Gasteiger charge is 2.00. The fraction of sp³-hybridized carbons (Fsp3) is 0. The van der Waals surface area contributed by atoms with Gasteiger partial charge in [0, 0.05) is 11.1 Å². The van der Waals surface area contributed by atoms with Crippen molar-refractivity contribution in [1.29, 1.82) is 0 Å². The molecule has 3 N–H and O–H groups in total. The first-order chi connectivity index (χ1) is 5.81. The van der Waals surface area contributed by atoms with E-state index in [1.54, 1.807) is 12.1 Å². The van der Waals surface area contributed by atoms with E-state index in [4.69, 9.17) is 5.84 Å². The van der Waals surface area contributed by atoms with Crippen molar-refractivity contribution in [3.05, 3.63) is 29.3 Å². The normalized spacial score (nSPS) is 9.08. The second-order valence-electron chi connectivity index (χ2n) is 2.23. The van der Waals surface area contributed by atoms with Crippen LogP contribution in [0.2, 0.25) is 0 Å². The molecule has 4 heteroatoms. The largest absolute Gasteiger partial charge is 0.323 e. The lowest BCUT2D eigenvalue weighted by Gasteiger charge is -2.02. The molecule has 4 nitrogen and oxygen atoms in total. The smallest absolute Gasteiger partial charge is 0.152 e. The number of benzene rings is 1. The van der Waals surface area contributed by atoms with Gasteiger partial charge in [-0.2, -0.15) is 0 Å². The average Bonchev–Trinajstić information content (AvgIpc) is 2.16. The number of nitrogens with two attached hydrogens (primary N) is 1. The third-order valence-corrected chi connectivity index (χ3v) is 1.49. The molecule has 0 aliphatic rings. The quantitative estimate of drug-likeness (QED) is 0.389. The number of hydrogen-bond acceptors (Lipinski definition) is 4. The van der Waals surface area contributed by atoms with Crippen molar-refractivity contribution in [1.82, 2.24) is 0 Å². The molecule has 0 amide bonds. The Hall–Kier alpha value is -1.68. The van der Waals surface area contributed by atoms with Gasteiger partial charge in [-0.1, -0.05) is 0 Å². The van der Waals surface area contributed by atoms with Gasteiger partial charge in [0.15, 0.2) is 6.29 Å². The van der Waals surface area contributed by atoms with Crippen molar-refractivity contribution in [3.8, 4) is 0 Å². The standard InChI is InChI=1S/C8H8N2O2/c9-10-8-2-1-6(4-11)3-7(8)5-12/h1-5,10H,9H2. The summed E-state index contributed by atoms with van der Waals surface area (Å²) in [7, 11) is 0. The van der Waals surface area contributed by atoms with E-state index < -0.39 is 0 Å². The Kier molecular flexibility index (Phi) is 2.55. The van der Waals surface area contributed by atoms with Crippen LogP contribution in [0.5, 0.6) is 0 Å². The van der Waals surface area contributed by atoms with Gasteiger partial charge in [0.05, 0.1) is 5.69 Å². The second-order valence-corrected chi connectivity index (χ2v) is 2.23. The summed E-state index contributed by atoms with van der Waals surface area (Å²) in [6, 6.07) is 4.62. The van der Waals surface area contributed by atoms with Crippen LogP contribution in [0.1, 0.15) is 20.7 Å². The Labute approximate surface area is 69.3 Å². The summed E-state index contributed by atoms with van der Waals surface area (Å²) in [5, 5.41) is 0. The number of carbonyl (C=O) groups excluding carboxylic acids is 2. The number of aldehydes is 2. The number of anilines is 1. The molecule has 0 atom stereocenters. The molecule has 1 rings (SSSR count).